The van der Waals surface area contributed by atoms with Crippen LogP contribution >= 0.6 is 0 Å². The number of nitrogens with zero attached hydrogens (tertiary/aromatic N) is 1. The van der Waals surface area contributed by atoms with Gasteiger partial charge in [-0.15, -0.1) is 0 Å². The molecule has 0 bridgehead atoms. The largest absolute Gasteiger partial charge is 0.480 e. The average Bonchev–Trinajstić information content (AvgIpc) is 2.62. The molecule has 0 fully saturated rings. The minimum absolute atomic E-state index is 0.163. The summed E-state index contributed by atoms with van der Waals surface area (Å²) in [6.07, 6.45) is 2.46. The summed E-state index contributed by atoms with van der Waals surface area (Å²) in [4.78, 5) is 22.5. The molecule has 5 heteroatoms. The molecule has 0 aliphatic rings. The number of hydrogen-bond donors (Lipinski definition) is 2. The first-order chi connectivity index (χ1) is 8.29. The molecule has 0 saturated carbocycles. The van der Waals surface area contributed by atoms with Crippen LogP contribution in [0.25, 0.3) is 0 Å². The molecule has 1 amide bonds. The quantitative estimate of drug-likeness (QED) is 0.838. The maximum absolute atomic E-state index is 11.9. The van der Waals surface area contributed by atoms with Crippen molar-refractivity contribution in [2.24, 2.45) is 5.41 Å². The predicted molar refractivity (Wildman–Crippen MR) is 68.5 cm³/mol. The van der Waals surface area contributed by atoms with Crippen molar-refractivity contribution >= 4 is 11.9 Å². The summed E-state index contributed by atoms with van der Waals surface area (Å²) in [5, 5.41) is 11.5. The minimum atomic E-state index is -0.963. The molecule has 0 saturated heterocycles. The van der Waals surface area contributed by atoms with Crippen LogP contribution < -0.4 is 5.32 Å². The highest BCUT2D eigenvalue weighted by Crippen LogP contribution is 2.17. The normalized spacial score (nSPS) is 11.3. The topological polar surface area (TPSA) is 71.3 Å². The predicted octanol–water partition coefficient (Wildman–Crippen LogP) is 1.74. The van der Waals surface area contributed by atoms with Gasteiger partial charge < -0.3 is 15.0 Å². The second kappa shape index (κ2) is 5.71. The Bertz CT molecular complexity index is 430. The molecule has 2 N–H and O–H groups in total. The van der Waals surface area contributed by atoms with E-state index in [1.165, 1.54) is 4.57 Å². The van der Waals surface area contributed by atoms with Crippen LogP contribution in [0.4, 0.5) is 0 Å². The SMILES string of the molecule is CC(C)(C)CCNC(=O)c1cccn1CC(=O)O. The summed E-state index contributed by atoms with van der Waals surface area (Å²) in [5.41, 5.74) is 0.544. The Labute approximate surface area is 107 Å². The Morgan fingerprint density at radius 3 is 2.61 bits per heavy atom. The number of hydrogen-bond acceptors (Lipinski definition) is 2. The van der Waals surface area contributed by atoms with E-state index in [-0.39, 0.29) is 17.9 Å². The first-order valence-corrected chi connectivity index (χ1v) is 5.95. The lowest BCUT2D eigenvalue weighted by Crippen LogP contribution is -2.29. The highest BCUT2D eigenvalue weighted by Gasteiger charge is 2.14. The van der Waals surface area contributed by atoms with Crippen LogP contribution in [0.3, 0.4) is 0 Å². The van der Waals surface area contributed by atoms with E-state index >= 15 is 0 Å². The second-order valence-electron chi connectivity index (χ2n) is 5.48. The number of nitrogens with one attached hydrogen (secondary N) is 1. The van der Waals surface area contributed by atoms with Crippen LogP contribution in [0.5, 0.6) is 0 Å². The smallest absolute Gasteiger partial charge is 0.323 e. The molecule has 18 heavy (non-hydrogen) atoms. The molecule has 1 aromatic rings. The van der Waals surface area contributed by atoms with Gasteiger partial charge in [0.2, 0.25) is 0 Å². The van der Waals surface area contributed by atoms with Gasteiger partial charge in [-0.2, -0.15) is 0 Å². The van der Waals surface area contributed by atoms with Crippen molar-refractivity contribution in [2.75, 3.05) is 6.54 Å². The summed E-state index contributed by atoms with van der Waals surface area (Å²) in [5.74, 6) is -1.19. The number of carbonyl (C=O) groups excluding carboxylic acids is 1. The standard InChI is InChI=1S/C13H20N2O3/c1-13(2,3)6-7-14-12(18)10-5-4-8-15(10)9-11(16)17/h4-5,8H,6-7,9H2,1-3H3,(H,14,18)(H,16,17). The lowest BCUT2D eigenvalue weighted by molar-refractivity contribution is -0.137. The van der Waals surface area contributed by atoms with Gasteiger partial charge in [0.1, 0.15) is 12.2 Å². The van der Waals surface area contributed by atoms with Crippen molar-refractivity contribution in [3.05, 3.63) is 24.0 Å². The number of rotatable bonds is 5. The van der Waals surface area contributed by atoms with Crippen LogP contribution in [0.1, 0.15) is 37.7 Å². The molecule has 1 rings (SSSR count). The number of aliphatic carboxylic acids is 1. The van der Waals surface area contributed by atoms with Crippen molar-refractivity contribution in [3.8, 4) is 0 Å². The van der Waals surface area contributed by atoms with Gasteiger partial charge in [0, 0.05) is 12.7 Å². The van der Waals surface area contributed by atoms with Crippen molar-refractivity contribution in [1.82, 2.24) is 9.88 Å². The maximum atomic E-state index is 11.9. The van der Waals surface area contributed by atoms with E-state index in [0.29, 0.717) is 12.2 Å². The number of carboxylic acids is 1. The Morgan fingerprint density at radius 1 is 1.39 bits per heavy atom. The average molecular weight is 252 g/mol. The molecule has 1 heterocycles. The summed E-state index contributed by atoms with van der Waals surface area (Å²) in [6, 6.07) is 3.29. The lowest BCUT2D eigenvalue weighted by Gasteiger charge is -2.18. The van der Waals surface area contributed by atoms with Gasteiger partial charge in [0.05, 0.1) is 0 Å². The summed E-state index contributed by atoms with van der Waals surface area (Å²) in [7, 11) is 0. The first kappa shape index (κ1) is 14.3. The monoisotopic (exact) mass is 252 g/mol. The van der Waals surface area contributed by atoms with E-state index < -0.39 is 5.97 Å². The third-order valence-corrected chi connectivity index (χ3v) is 2.53. The van der Waals surface area contributed by atoms with Crippen LogP contribution in [0.2, 0.25) is 0 Å². The van der Waals surface area contributed by atoms with E-state index in [2.05, 4.69) is 26.1 Å². The molecule has 0 unspecified atom stereocenters. The number of aromatic nitrogens is 1. The summed E-state index contributed by atoms with van der Waals surface area (Å²) in [6.45, 7) is 6.69. The second-order valence-corrected chi connectivity index (χ2v) is 5.48. The third-order valence-electron chi connectivity index (χ3n) is 2.53. The zero-order chi connectivity index (χ0) is 13.8. The Morgan fingerprint density at radius 2 is 2.06 bits per heavy atom. The van der Waals surface area contributed by atoms with E-state index in [1.54, 1.807) is 18.3 Å². The van der Waals surface area contributed by atoms with Crippen LogP contribution in [0.15, 0.2) is 18.3 Å². The zero-order valence-corrected chi connectivity index (χ0v) is 11.1. The fourth-order valence-corrected chi connectivity index (χ4v) is 1.55. The summed E-state index contributed by atoms with van der Waals surface area (Å²) < 4.78 is 1.43. The van der Waals surface area contributed by atoms with Gasteiger partial charge in [-0.3, -0.25) is 9.59 Å². The molecule has 0 aliphatic carbocycles. The van der Waals surface area contributed by atoms with E-state index in [1.807, 2.05) is 0 Å². The Kier molecular flexibility index (Phi) is 4.53. The molecule has 0 radical (unpaired) electrons. The van der Waals surface area contributed by atoms with Crippen LogP contribution in [-0.4, -0.2) is 28.1 Å². The number of carbonyl (C=O) groups is 2. The van der Waals surface area contributed by atoms with Crippen molar-refractivity contribution < 1.29 is 14.7 Å². The van der Waals surface area contributed by atoms with Gasteiger partial charge in [-0.25, -0.2) is 0 Å². The van der Waals surface area contributed by atoms with E-state index in [4.69, 9.17) is 5.11 Å². The first-order valence-electron chi connectivity index (χ1n) is 5.95. The fourth-order valence-electron chi connectivity index (χ4n) is 1.55. The van der Waals surface area contributed by atoms with Gasteiger partial charge in [-0.1, -0.05) is 20.8 Å². The highest BCUT2D eigenvalue weighted by atomic mass is 16.4. The molecular weight excluding hydrogens is 232 g/mol. The lowest BCUT2D eigenvalue weighted by atomic mass is 9.92. The van der Waals surface area contributed by atoms with Gasteiger partial charge in [0.15, 0.2) is 0 Å². The third kappa shape index (κ3) is 4.61. The minimum Gasteiger partial charge on any atom is -0.480 e. The van der Waals surface area contributed by atoms with Gasteiger partial charge in [-0.05, 0) is 24.0 Å². The van der Waals surface area contributed by atoms with Gasteiger partial charge in [0.25, 0.3) is 5.91 Å². The van der Waals surface area contributed by atoms with E-state index in [0.717, 1.165) is 6.42 Å². The zero-order valence-electron chi connectivity index (χ0n) is 11.1. The molecule has 0 atom stereocenters. The molecule has 0 aromatic carbocycles. The number of carboxylic acid groups (broad SMARTS) is 1. The van der Waals surface area contributed by atoms with Gasteiger partial charge >= 0.3 is 5.97 Å². The molecular formula is C13H20N2O3. The van der Waals surface area contributed by atoms with Crippen LogP contribution in [-0.2, 0) is 11.3 Å². The molecule has 100 valence electrons. The maximum Gasteiger partial charge on any atom is 0.323 e. The van der Waals surface area contributed by atoms with Crippen LogP contribution in [0, 0.1) is 5.41 Å². The highest BCUT2D eigenvalue weighted by molar-refractivity contribution is 5.93. The van der Waals surface area contributed by atoms with E-state index in [9.17, 15) is 9.59 Å². The van der Waals surface area contributed by atoms with Crippen molar-refractivity contribution in [1.29, 1.82) is 0 Å². The Balaban J connectivity index is 2.56. The molecule has 0 spiro atoms. The summed E-state index contributed by atoms with van der Waals surface area (Å²) >= 11 is 0. The number of amides is 1. The Hall–Kier alpha value is -1.78. The van der Waals surface area contributed by atoms with Crippen molar-refractivity contribution in [2.45, 2.75) is 33.7 Å². The van der Waals surface area contributed by atoms with Crippen molar-refractivity contribution in [3.63, 3.8) is 0 Å². The molecule has 5 nitrogen and oxygen atoms in total. The molecule has 1 aromatic heterocycles. The molecule has 0 aliphatic heterocycles. The fraction of sp³-hybridized carbons (Fsp3) is 0.538.